The van der Waals surface area contributed by atoms with E-state index in [0.29, 0.717) is 12.8 Å². The molecule has 120 valence electrons. The lowest BCUT2D eigenvalue weighted by Gasteiger charge is -2.38. The minimum absolute atomic E-state index is 0.0712. The number of aliphatic carboxylic acids is 1. The first-order valence-electron chi connectivity index (χ1n) is 7.82. The largest absolute Gasteiger partial charge is 0.481 e. The quantitative estimate of drug-likeness (QED) is 0.874. The molecule has 1 atom stereocenters. The first-order chi connectivity index (χ1) is 10.2. The van der Waals surface area contributed by atoms with Crippen molar-refractivity contribution in [3.8, 4) is 0 Å². The molecular formula is C18H25NO3. The maximum absolute atomic E-state index is 12.4. The van der Waals surface area contributed by atoms with Gasteiger partial charge in [-0.15, -0.1) is 0 Å². The molecule has 1 aliphatic rings. The van der Waals surface area contributed by atoms with Crippen LogP contribution in [-0.2, 0) is 9.59 Å². The summed E-state index contributed by atoms with van der Waals surface area (Å²) in [4.78, 5) is 23.8. The predicted molar refractivity (Wildman–Crippen MR) is 85.3 cm³/mol. The Hall–Kier alpha value is -1.84. The van der Waals surface area contributed by atoms with Gasteiger partial charge in [0.15, 0.2) is 0 Å². The molecule has 1 saturated carbocycles. The summed E-state index contributed by atoms with van der Waals surface area (Å²) in [5.74, 6) is -1.02. The minimum atomic E-state index is -0.846. The number of amides is 1. The van der Waals surface area contributed by atoms with E-state index in [1.54, 1.807) is 0 Å². The minimum Gasteiger partial charge on any atom is -0.481 e. The van der Waals surface area contributed by atoms with E-state index >= 15 is 0 Å². The van der Waals surface area contributed by atoms with Gasteiger partial charge in [0.2, 0.25) is 5.91 Å². The second kappa shape index (κ2) is 6.11. The first-order valence-corrected chi connectivity index (χ1v) is 7.82. The lowest BCUT2D eigenvalue weighted by atomic mass is 9.66. The van der Waals surface area contributed by atoms with Crippen molar-refractivity contribution in [1.82, 2.24) is 5.32 Å². The third kappa shape index (κ3) is 3.49. The van der Waals surface area contributed by atoms with Crippen LogP contribution in [0.1, 0.15) is 58.1 Å². The van der Waals surface area contributed by atoms with Crippen molar-refractivity contribution in [1.29, 1.82) is 0 Å². The van der Waals surface area contributed by atoms with Crippen LogP contribution < -0.4 is 5.32 Å². The smallest absolute Gasteiger partial charge is 0.310 e. The number of carbonyl (C=O) groups excluding carboxylic acids is 1. The Labute approximate surface area is 131 Å². The van der Waals surface area contributed by atoms with Crippen molar-refractivity contribution in [2.45, 2.75) is 52.5 Å². The molecule has 2 rings (SSSR count). The third-order valence-electron chi connectivity index (χ3n) is 4.57. The maximum atomic E-state index is 12.4. The fourth-order valence-corrected chi connectivity index (χ4v) is 3.03. The number of carboxylic acids is 1. The zero-order valence-corrected chi connectivity index (χ0v) is 13.6. The lowest BCUT2D eigenvalue weighted by molar-refractivity contribution is -0.157. The zero-order valence-electron chi connectivity index (χ0n) is 13.6. The van der Waals surface area contributed by atoms with Gasteiger partial charge in [-0.3, -0.25) is 9.59 Å². The number of rotatable bonds is 5. The van der Waals surface area contributed by atoms with Gasteiger partial charge < -0.3 is 10.4 Å². The normalized spacial score (nSPS) is 18.1. The van der Waals surface area contributed by atoms with Gasteiger partial charge in [-0.2, -0.15) is 0 Å². The summed E-state index contributed by atoms with van der Waals surface area (Å²) in [6.07, 6.45) is 2.16. The number of nitrogens with one attached hydrogen (secondary N) is 1. The molecule has 0 aromatic heterocycles. The zero-order chi connectivity index (χ0) is 16.4. The van der Waals surface area contributed by atoms with Crippen LogP contribution in [0.15, 0.2) is 30.3 Å². The van der Waals surface area contributed by atoms with Crippen LogP contribution in [0.2, 0.25) is 0 Å². The molecule has 1 fully saturated rings. The van der Waals surface area contributed by atoms with Gasteiger partial charge in [-0.05, 0) is 23.8 Å². The Bertz CT molecular complexity index is 541. The van der Waals surface area contributed by atoms with Crippen LogP contribution in [0, 0.1) is 10.8 Å². The summed E-state index contributed by atoms with van der Waals surface area (Å²) in [5, 5.41) is 12.4. The average Bonchev–Trinajstić information content (AvgIpc) is 2.39. The van der Waals surface area contributed by atoms with Gasteiger partial charge in [0.25, 0.3) is 0 Å². The number of hydrogen-bond acceptors (Lipinski definition) is 2. The average molecular weight is 303 g/mol. The molecule has 1 aromatic rings. The van der Waals surface area contributed by atoms with E-state index in [-0.39, 0.29) is 23.8 Å². The van der Waals surface area contributed by atoms with Gasteiger partial charge in [-0.1, -0.05) is 57.5 Å². The van der Waals surface area contributed by atoms with Crippen molar-refractivity contribution in [2.24, 2.45) is 10.8 Å². The van der Waals surface area contributed by atoms with Crippen LogP contribution in [0.3, 0.4) is 0 Å². The number of hydrogen-bond donors (Lipinski definition) is 2. The Balaban J connectivity index is 2.11. The summed E-state index contributed by atoms with van der Waals surface area (Å²) in [5.41, 5.74) is 0.0530. The van der Waals surface area contributed by atoms with E-state index in [0.717, 1.165) is 12.0 Å². The summed E-state index contributed by atoms with van der Waals surface area (Å²) in [6.45, 7) is 6.21. The Kier molecular flexibility index (Phi) is 4.59. The van der Waals surface area contributed by atoms with Gasteiger partial charge in [-0.25, -0.2) is 0 Å². The monoisotopic (exact) mass is 303 g/mol. The van der Waals surface area contributed by atoms with Crippen molar-refractivity contribution >= 4 is 11.9 Å². The summed E-state index contributed by atoms with van der Waals surface area (Å²) in [6, 6.07) is 9.69. The molecule has 1 aliphatic carbocycles. The summed E-state index contributed by atoms with van der Waals surface area (Å²) < 4.78 is 0. The number of carboxylic acid groups (broad SMARTS) is 1. The highest BCUT2D eigenvalue weighted by Gasteiger charge is 2.46. The van der Waals surface area contributed by atoms with Crippen molar-refractivity contribution in [2.75, 3.05) is 0 Å². The van der Waals surface area contributed by atoms with Crippen molar-refractivity contribution in [3.05, 3.63) is 35.9 Å². The van der Waals surface area contributed by atoms with E-state index in [4.69, 9.17) is 0 Å². The molecule has 1 aromatic carbocycles. The van der Waals surface area contributed by atoms with E-state index in [1.165, 1.54) is 0 Å². The highest BCUT2D eigenvalue weighted by Crippen LogP contribution is 2.44. The van der Waals surface area contributed by atoms with E-state index in [9.17, 15) is 14.7 Å². The van der Waals surface area contributed by atoms with Gasteiger partial charge in [0, 0.05) is 6.42 Å². The molecule has 0 spiro atoms. The molecule has 0 heterocycles. The molecular weight excluding hydrogens is 278 g/mol. The highest BCUT2D eigenvalue weighted by atomic mass is 16.4. The van der Waals surface area contributed by atoms with Crippen LogP contribution in [0.25, 0.3) is 0 Å². The standard InChI is InChI=1S/C18H25NO3/c1-17(2,3)15(13-8-5-4-6-9-13)19-14(20)12-18(16(21)22)10-7-11-18/h4-6,8-9,15H,7,10-12H2,1-3H3,(H,19,20)(H,21,22). The predicted octanol–water partition coefficient (Wildman–Crippen LogP) is 3.54. The molecule has 22 heavy (non-hydrogen) atoms. The molecule has 0 saturated heterocycles. The van der Waals surface area contributed by atoms with E-state index in [2.05, 4.69) is 26.1 Å². The molecule has 2 N–H and O–H groups in total. The Morgan fingerprint density at radius 1 is 1.23 bits per heavy atom. The second-order valence-electron chi connectivity index (χ2n) is 7.39. The fourth-order valence-electron chi connectivity index (χ4n) is 3.03. The third-order valence-corrected chi connectivity index (χ3v) is 4.57. The maximum Gasteiger partial charge on any atom is 0.310 e. The second-order valence-corrected chi connectivity index (χ2v) is 7.39. The highest BCUT2D eigenvalue weighted by molar-refractivity contribution is 5.85. The van der Waals surface area contributed by atoms with E-state index in [1.807, 2.05) is 30.3 Å². The summed E-state index contributed by atoms with van der Waals surface area (Å²) in [7, 11) is 0. The Morgan fingerprint density at radius 3 is 2.23 bits per heavy atom. The van der Waals surface area contributed by atoms with Gasteiger partial charge in [0.1, 0.15) is 0 Å². The van der Waals surface area contributed by atoms with Crippen molar-refractivity contribution < 1.29 is 14.7 Å². The van der Waals surface area contributed by atoms with Crippen LogP contribution in [0.5, 0.6) is 0 Å². The molecule has 0 aliphatic heterocycles. The van der Waals surface area contributed by atoms with Crippen LogP contribution in [-0.4, -0.2) is 17.0 Å². The van der Waals surface area contributed by atoms with Crippen LogP contribution in [0.4, 0.5) is 0 Å². The molecule has 0 radical (unpaired) electrons. The lowest BCUT2D eigenvalue weighted by Crippen LogP contribution is -2.44. The van der Waals surface area contributed by atoms with Crippen molar-refractivity contribution in [3.63, 3.8) is 0 Å². The van der Waals surface area contributed by atoms with Gasteiger partial charge in [0.05, 0.1) is 11.5 Å². The molecule has 4 heteroatoms. The van der Waals surface area contributed by atoms with Crippen LogP contribution >= 0.6 is 0 Å². The molecule has 0 bridgehead atoms. The fraction of sp³-hybridized carbons (Fsp3) is 0.556. The Morgan fingerprint density at radius 2 is 1.82 bits per heavy atom. The first kappa shape index (κ1) is 16.5. The van der Waals surface area contributed by atoms with Gasteiger partial charge >= 0.3 is 5.97 Å². The molecule has 4 nitrogen and oxygen atoms in total. The SMILES string of the molecule is CC(C)(C)C(NC(=O)CC1(C(=O)O)CCC1)c1ccccc1. The summed E-state index contributed by atoms with van der Waals surface area (Å²) >= 11 is 0. The molecule has 1 unspecified atom stereocenters. The topological polar surface area (TPSA) is 66.4 Å². The molecule has 1 amide bonds. The number of carbonyl (C=O) groups is 2. The van der Waals surface area contributed by atoms with E-state index < -0.39 is 11.4 Å². The number of benzene rings is 1.